The van der Waals surface area contributed by atoms with Crippen molar-refractivity contribution in [2.75, 3.05) is 0 Å². The largest absolute Gasteiger partial charge is 0.361 e. The molecule has 1 aromatic heterocycles. The number of aromatic nitrogens is 1. The molecule has 1 aliphatic carbocycles. The minimum atomic E-state index is -0.244. The Kier molecular flexibility index (Phi) is 3.88. The van der Waals surface area contributed by atoms with Crippen molar-refractivity contribution in [3.63, 3.8) is 0 Å². The van der Waals surface area contributed by atoms with Crippen molar-refractivity contribution in [1.29, 1.82) is 0 Å². The van der Waals surface area contributed by atoms with Gasteiger partial charge in [0.1, 0.15) is 5.76 Å². The monoisotopic (exact) mass is 313 g/mol. The molecule has 0 bridgehead atoms. The molecule has 1 atom stereocenters. The summed E-state index contributed by atoms with van der Waals surface area (Å²) in [6.45, 7) is 7.78. The first-order chi connectivity index (χ1) is 10.9. The Balaban J connectivity index is 1.64. The first-order valence-corrected chi connectivity index (χ1v) is 7.96. The molecule has 122 valence electrons. The molecule has 0 aliphatic heterocycles. The molecule has 1 aliphatic rings. The highest BCUT2D eigenvalue weighted by atomic mass is 16.5. The van der Waals surface area contributed by atoms with Crippen LogP contribution >= 0.6 is 0 Å². The summed E-state index contributed by atoms with van der Waals surface area (Å²) in [6, 6.07) is 8.05. The smallest absolute Gasteiger partial charge is 0.315 e. The SMILES string of the molecule is Cc1noc(C)c1C(C)NC(=O)NC1(C)Cc2ccccc2C1. The lowest BCUT2D eigenvalue weighted by Crippen LogP contribution is -2.51. The first kappa shape index (κ1) is 15.6. The van der Waals surface area contributed by atoms with Crippen LogP contribution in [-0.2, 0) is 12.8 Å². The van der Waals surface area contributed by atoms with Gasteiger partial charge in [-0.2, -0.15) is 0 Å². The number of hydrogen-bond donors (Lipinski definition) is 2. The van der Waals surface area contributed by atoms with Crippen LogP contribution in [0.15, 0.2) is 28.8 Å². The highest BCUT2D eigenvalue weighted by molar-refractivity contribution is 5.75. The van der Waals surface area contributed by atoms with Gasteiger partial charge in [0.2, 0.25) is 0 Å². The van der Waals surface area contributed by atoms with E-state index < -0.39 is 0 Å². The number of rotatable bonds is 3. The second-order valence-corrected chi connectivity index (χ2v) is 6.74. The fourth-order valence-corrected chi connectivity index (χ4v) is 3.58. The molecule has 2 aromatic rings. The topological polar surface area (TPSA) is 67.2 Å². The summed E-state index contributed by atoms with van der Waals surface area (Å²) >= 11 is 0. The summed E-state index contributed by atoms with van der Waals surface area (Å²) < 4.78 is 5.17. The van der Waals surface area contributed by atoms with Gasteiger partial charge in [0, 0.05) is 11.1 Å². The third-order valence-corrected chi connectivity index (χ3v) is 4.56. The predicted molar refractivity (Wildman–Crippen MR) is 88.3 cm³/mol. The van der Waals surface area contributed by atoms with E-state index in [-0.39, 0.29) is 17.6 Å². The van der Waals surface area contributed by atoms with Crippen LogP contribution in [0, 0.1) is 13.8 Å². The maximum absolute atomic E-state index is 12.4. The van der Waals surface area contributed by atoms with Gasteiger partial charge in [-0.05, 0) is 51.7 Å². The van der Waals surface area contributed by atoms with Crippen LogP contribution < -0.4 is 10.6 Å². The van der Waals surface area contributed by atoms with E-state index in [1.165, 1.54) is 11.1 Å². The third-order valence-electron chi connectivity index (χ3n) is 4.56. The number of amides is 2. The van der Waals surface area contributed by atoms with Crippen molar-refractivity contribution in [3.8, 4) is 0 Å². The molecule has 0 fully saturated rings. The van der Waals surface area contributed by atoms with Gasteiger partial charge in [-0.25, -0.2) is 4.79 Å². The predicted octanol–water partition coefficient (Wildman–Crippen LogP) is 3.21. The van der Waals surface area contributed by atoms with Crippen molar-refractivity contribution in [2.45, 2.75) is 52.1 Å². The normalized spacial score (nSPS) is 16.7. The van der Waals surface area contributed by atoms with Gasteiger partial charge in [-0.1, -0.05) is 29.4 Å². The highest BCUT2D eigenvalue weighted by Crippen LogP contribution is 2.29. The zero-order valence-electron chi connectivity index (χ0n) is 14.1. The zero-order valence-corrected chi connectivity index (χ0v) is 14.1. The molecule has 23 heavy (non-hydrogen) atoms. The van der Waals surface area contributed by atoms with Gasteiger partial charge >= 0.3 is 6.03 Å². The van der Waals surface area contributed by atoms with Crippen LogP contribution in [-0.4, -0.2) is 16.7 Å². The van der Waals surface area contributed by atoms with E-state index in [0.717, 1.165) is 29.9 Å². The van der Waals surface area contributed by atoms with E-state index in [0.29, 0.717) is 0 Å². The number of urea groups is 1. The lowest BCUT2D eigenvalue weighted by atomic mass is 9.99. The van der Waals surface area contributed by atoms with E-state index in [2.05, 4.69) is 34.8 Å². The molecule has 1 unspecified atom stereocenters. The fraction of sp³-hybridized carbons (Fsp3) is 0.444. The van der Waals surface area contributed by atoms with Crippen LogP contribution in [0.4, 0.5) is 4.79 Å². The summed E-state index contributed by atoms with van der Waals surface area (Å²) in [7, 11) is 0. The maximum atomic E-state index is 12.4. The molecule has 0 spiro atoms. The average molecular weight is 313 g/mol. The molecule has 2 amide bonds. The van der Waals surface area contributed by atoms with Gasteiger partial charge < -0.3 is 15.2 Å². The number of aryl methyl sites for hydroxylation is 2. The van der Waals surface area contributed by atoms with Gasteiger partial charge in [-0.3, -0.25) is 0 Å². The molecular weight excluding hydrogens is 290 g/mol. The summed E-state index contributed by atoms with van der Waals surface area (Å²) in [5.41, 5.74) is 4.14. The number of nitrogens with one attached hydrogen (secondary N) is 2. The minimum Gasteiger partial charge on any atom is -0.361 e. The minimum absolute atomic E-state index is 0.145. The number of carbonyl (C=O) groups excluding carboxylic acids is 1. The maximum Gasteiger partial charge on any atom is 0.315 e. The average Bonchev–Trinajstić information content (AvgIpc) is 2.96. The van der Waals surface area contributed by atoms with Crippen LogP contribution in [0.1, 0.15) is 48.0 Å². The standard InChI is InChI=1S/C18H23N3O2/c1-11(16-12(2)21-23-13(16)3)19-17(22)20-18(4)9-14-7-5-6-8-15(14)10-18/h5-8,11H,9-10H2,1-4H3,(H2,19,20,22). The van der Waals surface area contributed by atoms with E-state index in [9.17, 15) is 4.79 Å². The Morgan fingerprint density at radius 2 is 1.87 bits per heavy atom. The molecule has 0 radical (unpaired) electrons. The van der Waals surface area contributed by atoms with Crippen molar-refractivity contribution in [3.05, 3.63) is 52.4 Å². The molecule has 2 N–H and O–H groups in total. The number of fused-ring (bicyclic) bond motifs is 1. The number of carbonyl (C=O) groups is 1. The Labute approximate surface area is 136 Å². The van der Waals surface area contributed by atoms with Crippen molar-refractivity contribution < 1.29 is 9.32 Å². The van der Waals surface area contributed by atoms with E-state index in [1.807, 2.05) is 32.9 Å². The molecule has 1 aromatic carbocycles. The number of benzene rings is 1. The van der Waals surface area contributed by atoms with Crippen molar-refractivity contribution in [2.24, 2.45) is 0 Å². The molecule has 5 heteroatoms. The lowest BCUT2D eigenvalue weighted by molar-refractivity contribution is 0.225. The molecule has 3 rings (SSSR count). The Hall–Kier alpha value is -2.30. The number of hydrogen-bond acceptors (Lipinski definition) is 3. The molecule has 0 saturated carbocycles. The van der Waals surface area contributed by atoms with E-state index in [4.69, 9.17) is 4.52 Å². The fourth-order valence-electron chi connectivity index (χ4n) is 3.58. The Morgan fingerprint density at radius 1 is 1.26 bits per heavy atom. The second kappa shape index (κ2) is 5.72. The third kappa shape index (κ3) is 3.09. The summed E-state index contributed by atoms with van der Waals surface area (Å²) in [6.07, 6.45) is 1.71. The molecule has 1 heterocycles. The van der Waals surface area contributed by atoms with Crippen molar-refractivity contribution >= 4 is 6.03 Å². The van der Waals surface area contributed by atoms with Crippen LogP contribution in [0.3, 0.4) is 0 Å². The van der Waals surface area contributed by atoms with Gasteiger partial charge in [0.25, 0.3) is 0 Å². The molecule has 0 saturated heterocycles. The molecular formula is C18H23N3O2. The highest BCUT2D eigenvalue weighted by Gasteiger charge is 2.34. The van der Waals surface area contributed by atoms with Crippen LogP contribution in [0.5, 0.6) is 0 Å². The first-order valence-electron chi connectivity index (χ1n) is 7.96. The summed E-state index contributed by atoms with van der Waals surface area (Å²) in [5.74, 6) is 0.745. The Bertz CT molecular complexity index is 691. The summed E-state index contributed by atoms with van der Waals surface area (Å²) in [4.78, 5) is 12.4. The van der Waals surface area contributed by atoms with E-state index in [1.54, 1.807) is 0 Å². The molecule has 5 nitrogen and oxygen atoms in total. The van der Waals surface area contributed by atoms with Crippen LogP contribution in [0.25, 0.3) is 0 Å². The summed E-state index contributed by atoms with van der Waals surface area (Å²) in [5, 5.41) is 10.1. The van der Waals surface area contributed by atoms with Crippen molar-refractivity contribution in [1.82, 2.24) is 15.8 Å². The zero-order chi connectivity index (χ0) is 16.6. The quantitative estimate of drug-likeness (QED) is 0.914. The van der Waals surface area contributed by atoms with Gasteiger partial charge in [0.05, 0.1) is 11.7 Å². The Morgan fingerprint density at radius 3 is 2.39 bits per heavy atom. The number of nitrogens with zero attached hydrogens (tertiary/aromatic N) is 1. The second-order valence-electron chi connectivity index (χ2n) is 6.74. The van der Waals surface area contributed by atoms with Crippen LogP contribution in [0.2, 0.25) is 0 Å². The lowest BCUT2D eigenvalue weighted by Gasteiger charge is -2.26. The van der Waals surface area contributed by atoms with Gasteiger partial charge in [0.15, 0.2) is 0 Å². The van der Waals surface area contributed by atoms with E-state index >= 15 is 0 Å². The van der Waals surface area contributed by atoms with Gasteiger partial charge in [-0.15, -0.1) is 0 Å².